The summed E-state index contributed by atoms with van der Waals surface area (Å²) in [6, 6.07) is 5.66. The summed E-state index contributed by atoms with van der Waals surface area (Å²) in [5, 5.41) is 5.88. The van der Waals surface area contributed by atoms with Crippen molar-refractivity contribution in [2.24, 2.45) is 5.41 Å². The molecule has 27 heavy (non-hydrogen) atoms. The van der Waals surface area contributed by atoms with Gasteiger partial charge in [0.1, 0.15) is 5.75 Å². The Balaban J connectivity index is 1.60. The summed E-state index contributed by atoms with van der Waals surface area (Å²) in [5.41, 5.74) is 1.92. The number of piperidine rings is 1. The number of rotatable bonds is 4. The minimum Gasteiger partial charge on any atom is -0.495 e. The van der Waals surface area contributed by atoms with Crippen LogP contribution in [0.5, 0.6) is 5.75 Å². The number of carbonyl (C=O) groups is 3. The Morgan fingerprint density at radius 3 is 2.59 bits per heavy atom. The minimum atomic E-state index is -0.419. The number of amides is 4. The standard InChI is InChI=1S/C19H24N4O4/c1-27-15-3-2-13(10-14(15)23-7-4-16(25)21-18(23)26)17-19(11-20-17)5-8-22(12-24)9-6-19/h2-3,10,12,17,20H,4-9,11H2,1H3,(H,21,25,26). The SMILES string of the molecule is COc1ccc(C2NCC23CCN(C=O)CC3)cc1N1CCC(=O)NC1=O. The number of nitrogens with one attached hydrogen (secondary N) is 2. The fourth-order valence-corrected chi connectivity index (χ4v) is 4.40. The maximum Gasteiger partial charge on any atom is 0.328 e. The van der Waals surface area contributed by atoms with Crippen LogP contribution in [0.4, 0.5) is 10.5 Å². The van der Waals surface area contributed by atoms with Crippen LogP contribution < -0.4 is 20.3 Å². The van der Waals surface area contributed by atoms with E-state index in [0.717, 1.165) is 44.4 Å². The number of urea groups is 1. The van der Waals surface area contributed by atoms with Crippen molar-refractivity contribution in [3.8, 4) is 5.75 Å². The summed E-state index contributed by atoms with van der Waals surface area (Å²) in [6.07, 6.45) is 3.12. The first-order valence-electron chi connectivity index (χ1n) is 9.28. The number of anilines is 1. The first-order valence-corrected chi connectivity index (χ1v) is 9.28. The summed E-state index contributed by atoms with van der Waals surface area (Å²) in [7, 11) is 1.57. The van der Waals surface area contributed by atoms with Crippen LogP contribution in [0.25, 0.3) is 0 Å². The fraction of sp³-hybridized carbons (Fsp3) is 0.526. The number of methoxy groups -OCH3 is 1. The second-order valence-electron chi connectivity index (χ2n) is 7.50. The average Bonchev–Trinajstić information content (AvgIpc) is 2.67. The van der Waals surface area contributed by atoms with Gasteiger partial charge in [0.15, 0.2) is 0 Å². The van der Waals surface area contributed by atoms with Crippen LogP contribution in [0.1, 0.15) is 30.9 Å². The third-order valence-electron chi connectivity index (χ3n) is 6.09. The monoisotopic (exact) mass is 372 g/mol. The Labute approximate surface area is 157 Å². The van der Waals surface area contributed by atoms with E-state index in [1.165, 1.54) is 0 Å². The molecule has 3 aliphatic heterocycles. The predicted molar refractivity (Wildman–Crippen MR) is 98.5 cm³/mol. The number of nitrogens with zero attached hydrogens (tertiary/aromatic N) is 2. The largest absolute Gasteiger partial charge is 0.495 e. The second-order valence-corrected chi connectivity index (χ2v) is 7.50. The van der Waals surface area contributed by atoms with E-state index in [4.69, 9.17) is 4.74 Å². The van der Waals surface area contributed by atoms with E-state index < -0.39 is 6.03 Å². The zero-order valence-electron chi connectivity index (χ0n) is 15.4. The first kappa shape index (κ1) is 17.8. The second kappa shape index (κ2) is 6.84. The van der Waals surface area contributed by atoms with Crippen LogP contribution in [-0.2, 0) is 9.59 Å². The summed E-state index contributed by atoms with van der Waals surface area (Å²) in [4.78, 5) is 38.1. The van der Waals surface area contributed by atoms with Gasteiger partial charge in [0, 0.05) is 44.1 Å². The summed E-state index contributed by atoms with van der Waals surface area (Å²) in [6.45, 7) is 2.83. The van der Waals surface area contributed by atoms with Crippen molar-refractivity contribution in [1.29, 1.82) is 0 Å². The number of imide groups is 1. The van der Waals surface area contributed by atoms with Gasteiger partial charge in [-0.1, -0.05) is 6.07 Å². The Bertz CT molecular complexity index is 773. The van der Waals surface area contributed by atoms with Gasteiger partial charge in [-0.25, -0.2) is 4.79 Å². The molecule has 1 aromatic rings. The molecule has 0 aromatic heterocycles. The maximum absolute atomic E-state index is 12.3. The van der Waals surface area contributed by atoms with E-state index in [1.54, 1.807) is 12.0 Å². The third-order valence-corrected chi connectivity index (χ3v) is 6.09. The molecule has 1 aromatic carbocycles. The lowest BCUT2D eigenvalue weighted by molar-refractivity contribution is -0.122. The van der Waals surface area contributed by atoms with Crippen LogP contribution >= 0.6 is 0 Å². The van der Waals surface area contributed by atoms with Crippen LogP contribution in [0.3, 0.4) is 0 Å². The van der Waals surface area contributed by atoms with E-state index in [0.29, 0.717) is 18.0 Å². The average molecular weight is 372 g/mol. The molecule has 0 bridgehead atoms. The van der Waals surface area contributed by atoms with Crippen LogP contribution in [0.2, 0.25) is 0 Å². The summed E-state index contributed by atoms with van der Waals surface area (Å²) in [5.74, 6) is 0.348. The number of hydrogen-bond donors (Lipinski definition) is 2. The Morgan fingerprint density at radius 2 is 2.00 bits per heavy atom. The van der Waals surface area contributed by atoms with E-state index in [-0.39, 0.29) is 23.8 Å². The van der Waals surface area contributed by atoms with Gasteiger partial charge in [0.25, 0.3) is 0 Å². The number of hydrogen-bond acceptors (Lipinski definition) is 5. The van der Waals surface area contributed by atoms with Crippen molar-refractivity contribution < 1.29 is 19.1 Å². The Morgan fingerprint density at radius 1 is 1.22 bits per heavy atom. The molecule has 2 N–H and O–H groups in total. The van der Waals surface area contributed by atoms with Crippen molar-refractivity contribution in [1.82, 2.24) is 15.5 Å². The highest BCUT2D eigenvalue weighted by atomic mass is 16.5. The molecule has 8 heteroatoms. The quantitative estimate of drug-likeness (QED) is 0.771. The van der Waals surface area contributed by atoms with E-state index >= 15 is 0 Å². The van der Waals surface area contributed by atoms with E-state index in [1.807, 2.05) is 23.1 Å². The molecule has 4 rings (SSSR count). The fourth-order valence-electron chi connectivity index (χ4n) is 4.40. The molecule has 1 spiro atoms. The maximum atomic E-state index is 12.3. The zero-order chi connectivity index (χ0) is 19.0. The molecule has 3 fully saturated rings. The molecule has 0 radical (unpaired) electrons. The topological polar surface area (TPSA) is 91.0 Å². The highest BCUT2D eigenvalue weighted by molar-refractivity contribution is 6.06. The number of carbonyl (C=O) groups excluding carboxylic acids is 3. The molecular weight excluding hydrogens is 348 g/mol. The Hall–Kier alpha value is -2.61. The Kier molecular flexibility index (Phi) is 4.51. The molecule has 3 heterocycles. The van der Waals surface area contributed by atoms with Gasteiger partial charge in [-0.05, 0) is 30.5 Å². The lowest BCUT2D eigenvalue weighted by Crippen LogP contribution is -2.60. The predicted octanol–water partition coefficient (Wildman–Crippen LogP) is 1.02. The minimum absolute atomic E-state index is 0.144. The van der Waals surface area contributed by atoms with Crippen LogP contribution in [0.15, 0.2) is 18.2 Å². The highest BCUT2D eigenvalue weighted by Gasteiger charge is 2.48. The molecule has 144 valence electrons. The van der Waals surface area contributed by atoms with Crippen molar-refractivity contribution in [2.45, 2.75) is 25.3 Å². The van der Waals surface area contributed by atoms with Gasteiger partial charge in [0.2, 0.25) is 12.3 Å². The molecule has 0 aliphatic carbocycles. The number of ether oxygens (including phenoxy) is 1. The van der Waals surface area contributed by atoms with Crippen molar-refractivity contribution in [2.75, 3.05) is 38.2 Å². The van der Waals surface area contributed by atoms with E-state index in [9.17, 15) is 14.4 Å². The third kappa shape index (κ3) is 3.03. The normalized spacial score (nSPS) is 24.4. The van der Waals surface area contributed by atoms with Crippen molar-refractivity contribution in [3.05, 3.63) is 23.8 Å². The lowest BCUT2D eigenvalue weighted by atomic mass is 9.65. The molecule has 1 atom stereocenters. The van der Waals surface area contributed by atoms with Crippen molar-refractivity contribution in [3.63, 3.8) is 0 Å². The molecular formula is C19H24N4O4. The van der Waals surface area contributed by atoms with Gasteiger partial charge < -0.3 is 15.0 Å². The van der Waals surface area contributed by atoms with Gasteiger partial charge in [-0.15, -0.1) is 0 Å². The lowest BCUT2D eigenvalue weighted by Gasteiger charge is -2.54. The molecule has 8 nitrogen and oxygen atoms in total. The van der Waals surface area contributed by atoms with Gasteiger partial charge in [-0.3, -0.25) is 19.8 Å². The van der Waals surface area contributed by atoms with Gasteiger partial charge >= 0.3 is 6.03 Å². The smallest absolute Gasteiger partial charge is 0.328 e. The molecule has 0 saturated carbocycles. The van der Waals surface area contributed by atoms with Crippen LogP contribution in [0, 0.1) is 5.41 Å². The van der Waals surface area contributed by atoms with Crippen molar-refractivity contribution >= 4 is 24.0 Å². The molecule has 3 saturated heterocycles. The van der Waals surface area contributed by atoms with Crippen LogP contribution in [-0.4, -0.2) is 56.5 Å². The molecule has 4 amide bonds. The molecule has 3 aliphatic rings. The number of benzene rings is 1. The summed E-state index contributed by atoms with van der Waals surface area (Å²) < 4.78 is 5.45. The van der Waals surface area contributed by atoms with Gasteiger partial charge in [-0.2, -0.15) is 0 Å². The van der Waals surface area contributed by atoms with Gasteiger partial charge in [0.05, 0.1) is 12.8 Å². The van der Waals surface area contributed by atoms with E-state index in [2.05, 4.69) is 10.6 Å². The molecule has 1 unspecified atom stereocenters. The first-order chi connectivity index (χ1) is 13.1. The highest BCUT2D eigenvalue weighted by Crippen LogP contribution is 2.49. The number of likely N-dealkylation sites (tertiary alicyclic amines) is 1. The zero-order valence-corrected chi connectivity index (χ0v) is 15.4. The summed E-state index contributed by atoms with van der Waals surface area (Å²) >= 11 is 0.